The first-order valence-corrected chi connectivity index (χ1v) is 31.7. The third kappa shape index (κ3) is 55.2. The van der Waals surface area contributed by atoms with Crippen LogP contribution in [0.25, 0.3) is 0 Å². The minimum Gasteiger partial charge on any atom is -0.456 e. The molecule has 0 fully saturated rings. The number of carbonyl (C=O) groups excluding carboxylic acids is 2. The molecule has 3 unspecified atom stereocenters. The second-order valence-corrected chi connectivity index (χ2v) is 22.6. The summed E-state index contributed by atoms with van der Waals surface area (Å²) in [6, 6.07) is -0.870. The summed E-state index contributed by atoms with van der Waals surface area (Å²) >= 11 is 0. The first-order chi connectivity index (χ1) is 36.4. The van der Waals surface area contributed by atoms with Crippen LogP contribution in [0.3, 0.4) is 0 Å². The number of allylic oxidation sites excluding steroid dienone is 17. The highest BCUT2D eigenvalue weighted by atomic mass is 31.2. The quantitative estimate of drug-likeness (QED) is 0.0156. The minimum absolute atomic E-state index is 0.0286. The number of hydrogen-bond donors (Lipinski definition) is 2. The van der Waals surface area contributed by atoms with Gasteiger partial charge in [0, 0.05) is 12.8 Å². The maximum absolute atomic E-state index is 13.5. The lowest BCUT2D eigenvalue weighted by atomic mass is 10.0. The van der Waals surface area contributed by atoms with Crippen molar-refractivity contribution < 1.29 is 37.3 Å². The largest absolute Gasteiger partial charge is 0.472 e. The Kier molecular flexibility index (Phi) is 51.6. The smallest absolute Gasteiger partial charge is 0.456 e. The number of nitrogens with zero attached hydrogens (tertiary/aromatic N) is 1. The van der Waals surface area contributed by atoms with E-state index in [0.29, 0.717) is 23.9 Å². The van der Waals surface area contributed by atoms with Crippen LogP contribution < -0.4 is 5.32 Å². The van der Waals surface area contributed by atoms with Crippen LogP contribution in [0.4, 0.5) is 0 Å². The van der Waals surface area contributed by atoms with Gasteiger partial charge in [0.2, 0.25) is 5.91 Å². The molecule has 0 saturated heterocycles. The number of unbranched alkanes of at least 4 members (excludes halogenated alkanes) is 23. The highest BCUT2D eigenvalue weighted by molar-refractivity contribution is 7.47. The van der Waals surface area contributed by atoms with Crippen molar-refractivity contribution in [2.45, 2.75) is 251 Å². The summed E-state index contributed by atoms with van der Waals surface area (Å²) in [5.74, 6) is -0.547. The Morgan fingerprint density at radius 2 is 0.920 bits per heavy atom. The Balaban J connectivity index is 5.36. The van der Waals surface area contributed by atoms with Gasteiger partial charge in [-0.1, -0.05) is 240 Å². The Bertz CT molecular complexity index is 1650. The molecule has 0 heterocycles. The van der Waals surface area contributed by atoms with E-state index in [4.69, 9.17) is 13.8 Å². The Morgan fingerprint density at radius 1 is 0.493 bits per heavy atom. The highest BCUT2D eigenvalue weighted by Crippen LogP contribution is 2.43. The summed E-state index contributed by atoms with van der Waals surface area (Å²) in [5, 5.41) is 3.04. The van der Waals surface area contributed by atoms with E-state index in [1.54, 1.807) is 0 Å². The summed E-state index contributed by atoms with van der Waals surface area (Å²) in [4.78, 5) is 37.7. The molecule has 75 heavy (non-hydrogen) atoms. The van der Waals surface area contributed by atoms with Gasteiger partial charge in [0.25, 0.3) is 0 Å². The summed E-state index contributed by atoms with van der Waals surface area (Å²) in [6.07, 6.45) is 73.6. The van der Waals surface area contributed by atoms with Gasteiger partial charge in [-0.2, -0.15) is 0 Å². The van der Waals surface area contributed by atoms with Crippen molar-refractivity contribution in [3.8, 4) is 0 Å². The lowest BCUT2D eigenvalue weighted by molar-refractivity contribution is -0.870. The second-order valence-electron chi connectivity index (χ2n) is 21.2. The van der Waals surface area contributed by atoms with Crippen LogP contribution in [-0.2, 0) is 27.9 Å². The van der Waals surface area contributed by atoms with Gasteiger partial charge >= 0.3 is 13.8 Å². The first-order valence-electron chi connectivity index (χ1n) is 30.2. The summed E-state index contributed by atoms with van der Waals surface area (Å²) in [6.45, 7) is 6.73. The van der Waals surface area contributed by atoms with Crippen LogP contribution in [0.15, 0.2) is 109 Å². The number of esters is 1. The van der Waals surface area contributed by atoms with Crippen molar-refractivity contribution in [2.24, 2.45) is 0 Å². The third-order valence-electron chi connectivity index (χ3n) is 12.8. The highest BCUT2D eigenvalue weighted by Gasteiger charge is 2.30. The van der Waals surface area contributed by atoms with Gasteiger partial charge in [0.1, 0.15) is 19.3 Å². The van der Waals surface area contributed by atoms with Crippen molar-refractivity contribution in [2.75, 3.05) is 40.9 Å². The molecule has 10 heteroatoms. The van der Waals surface area contributed by atoms with E-state index in [9.17, 15) is 19.0 Å². The lowest BCUT2D eigenvalue weighted by Crippen LogP contribution is -2.47. The average Bonchev–Trinajstić information content (AvgIpc) is 3.37. The van der Waals surface area contributed by atoms with Crippen molar-refractivity contribution in [1.29, 1.82) is 0 Å². The number of phosphoric ester groups is 1. The van der Waals surface area contributed by atoms with Crippen LogP contribution in [-0.4, -0.2) is 74.3 Å². The number of likely N-dealkylation sites (N-methyl/N-ethyl adjacent to an activating group) is 1. The predicted octanol–water partition coefficient (Wildman–Crippen LogP) is 18.6. The van der Waals surface area contributed by atoms with E-state index >= 15 is 0 Å². The number of carbonyl (C=O) groups is 2. The second kappa shape index (κ2) is 54.0. The molecule has 0 aromatic carbocycles. The summed E-state index contributed by atoms with van der Waals surface area (Å²) < 4.78 is 30.7. The van der Waals surface area contributed by atoms with Crippen molar-refractivity contribution in [3.05, 3.63) is 109 Å². The third-order valence-corrected chi connectivity index (χ3v) is 13.8. The topological polar surface area (TPSA) is 111 Å². The number of hydrogen-bond acceptors (Lipinski definition) is 6. The molecule has 0 aliphatic heterocycles. The lowest BCUT2D eigenvalue weighted by Gasteiger charge is -2.27. The van der Waals surface area contributed by atoms with E-state index in [1.165, 1.54) is 77.0 Å². The SMILES string of the molecule is CC/C=C\C/C=C\C/C=C\C/C=C\C/C=C\CCCCCCCC(=O)OC(/C=C\CCCCCCCCCCCCC)C(COP(=O)(O)OCC[N+](C)(C)C)NC(=O)CCCCCCCCC/C=C/C=C/C=C/CC. The Morgan fingerprint density at radius 3 is 1.43 bits per heavy atom. The number of phosphoric acid groups is 1. The van der Waals surface area contributed by atoms with Crippen LogP contribution >= 0.6 is 7.82 Å². The normalized spacial score (nSPS) is 14.5. The van der Waals surface area contributed by atoms with Crippen LogP contribution in [0, 0.1) is 0 Å². The molecular weight excluding hydrogens is 952 g/mol. The summed E-state index contributed by atoms with van der Waals surface area (Å²) in [7, 11) is 1.46. The summed E-state index contributed by atoms with van der Waals surface area (Å²) in [5.41, 5.74) is 0. The zero-order valence-electron chi connectivity index (χ0n) is 49.0. The molecule has 0 aromatic heterocycles. The molecular formula is C65H114N2O7P+. The van der Waals surface area contributed by atoms with E-state index < -0.39 is 20.0 Å². The number of quaternary nitrogens is 1. The van der Waals surface area contributed by atoms with Gasteiger partial charge in [-0.15, -0.1) is 0 Å². The molecule has 0 saturated carbocycles. The van der Waals surface area contributed by atoms with Crippen LogP contribution in [0.1, 0.15) is 239 Å². The molecule has 430 valence electrons. The number of rotatable bonds is 53. The van der Waals surface area contributed by atoms with Gasteiger partial charge in [0.05, 0.1) is 33.8 Å². The van der Waals surface area contributed by atoms with Crippen molar-refractivity contribution in [3.63, 3.8) is 0 Å². The fourth-order valence-corrected chi connectivity index (χ4v) is 8.88. The van der Waals surface area contributed by atoms with Gasteiger partial charge in [0.15, 0.2) is 0 Å². The van der Waals surface area contributed by atoms with Gasteiger partial charge in [-0.3, -0.25) is 18.6 Å². The Hall–Kier alpha value is -3.33. The fourth-order valence-electron chi connectivity index (χ4n) is 8.14. The zero-order chi connectivity index (χ0) is 55.0. The van der Waals surface area contributed by atoms with Crippen molar-refractivity contribution in [1.82, 2.24) is 5.32 Å². The van der Waals surface area contributed by atoms with E-state index in [2.05, 4.69) is 123 Å². The molecule has 0 rings (SSSR count). The van der Waals surface area contributed by atoms with E-state index in [0.717, 1.165) is 122 Å². The van der Waals surface area contributed by atoms with Gasteiger partial charge in [-0.05, 0) is 96.0 Å². The van der Waals surface area contributed by atoms with Gasteiger partial charge < -0.3 is 19.4 Å². The molecule has 3 atom stereocenters. The number of amides is 1. The standard InChI is InChI=1S/C65H113N2O7P/c1-7-10-13-16-19-22-25-28-30-31-32-33-34-35-37-40-43-46-49-52-55-58-65(69)74-63(56-53-50-47-44-41-38-27-24-21-18-15-12-9-3)62(61-73-75(70,71)72-60-59-67(4,5)6)66-64(68)57-54-51-48-45-42-39-36-29-26-23-20-17-14-11-8-2/h10-11,13-14,17,19-20,22-23,26,28,30,32-33,35,37,53,56,62-63H,7-9,12,15-16,18,21,24-25,27,29,31,34,36,38-52,54-55,57-61H2,1-6H3,(H-,66,68,70,71)/p+1/b13-10-,14-11+,20-17+,22-19-,26-23+,30-28-,33-32-,37-35-,56-53-. The van der Waals surface area contributed by atoms with Crippen LogP contribution in [0.5, 0.6) is 0 Å². The van der Waals surface area contributed by atoms with Crippen molar-refractivity contribution >= 4 is 19.7 Å². The first kappa shape index (κ1) is 71.7. The maximum Gasteiger partial charge on any atom is 0.472 e. The molecule has 9 nitrogen and oxygen atoms in total. The van der Waals surface area contributed by atoms with Gasteiger partial charge in [-0.25, -0.2) is 4.57 Å². The molecule has 0 spiro atoms. The van der Waals surface area contributed by atoms with E-state index in [1.807, 2.05) is 33.3 Å². The monoisotopic (exact) mass is 1070 g/mol. The van der Waals surface area contributed by atoms with E-state index in [-0.39, 0.29) is 31.5 Å². The molecule has 2 N–H and O–H groups in total. The zero-order valence-corrected chi connectivity index (χ0v) is 49.9. The maximum atomic E-state index is 13.5. The molecule has 0 aromatic rings. The average molecular weight is 1070 g/mol. The molecule has 0 radical (unpaired) electrons. The number of nitrogens with one attached hydrogen (secondary N) is 1. The number of ether oxygens (including phenoxy) is 1. The fraction of sp³-hybridized carbons (Fsp3) is 0.692. The molecule has 0 bridgehead atoms. The minimum atomic E-state index is -4.46. The molecule has 1 amide bonds. The molecule has 0 aliphatic carbocycles. The molecule has 0 aliphatic rings. The predicted molar refractivity (Wildman–Crippen MR) is 323 cm³/mol. The van der Waals surface area contributed by atoms with Crippen LogP contribution in [0.2, 0.25) is 0 Å². The Labute approximate surface area is 461 Å².